The predicted molar refractivity (Wildman–Crippen MR) is 58.7 cm³/mol. The Morgan fingerprint density at radius 3 is 2.80 bits per heavy atom. The van der Waals surface area contributed by atoms with Gasteiger partial charge in [-0.3, -0.25) is 4.79 Å². The van der Waals surface area contributed by atoms with E-state index in [1.807, 2.05) is 11.9 Å². The Bertz CT molecular complexity index is 176. The molecule has 5 nitrogen and oxygen atoms in total. The average Bonchev–Trinajstić information content (AvgIpc) is 2.17. The second kappa shape index (κ2) is 8.64. The molecule has 0 aliphatic heterocycles. The Labute approximate surface area is 91.4 Å². The zero-order chi connectivity index (χ0) is 11.7. The summed E-state index contributed by atoms with van der Waals surface area (Å²) in [7, 11) is 5.12. The first-order valence-electron chi connectivity index (χ1n) is 5.16. The van der Waals surface area contributed by atoms with Crippen LogP contribution in [0.5, 0.6) is 0 Å². The zero-order valence-electron chi connectivity index (χ0n) is 9.82. The van der Waals surface area contributed by atoms with Gasteiger partial charge >= 0.3 is 0 Å². The van der Waals surface area contributed by atoms with Gasteiger partial charge in [0.1, 0.15) is 0 Å². The fourth-order valence-corrected chi connectivity index (χ4v) is 1.33. The Balaban J connectivity index is 3.48. The number of nitrogens with one attached hydrogen (secondary N) is 1. The number of hydrogen-bond acceptors (Lipinski definition) is 4. The van der Waals surface area contributed by atoms with Crippen molar-refractivity contribution < 1.29 is 14.6 Å². The maximum Gasteiger partial charge on any atom is 0.219 e. The van der Waals surface area contributed by atoms with Crippen LogP contribution in [0, 0.1) is 0 Å². The van der Waals surface area contributed by atoms with Crippen molar-refractivity contribution in [3.8, 4) is 0 Å². The minimum absolute atomic E-state index is 0.0563. The highest BCUT2D eigenvalue weighted by molar-refractivity contribution is 5.75. The van der Waals surface area contributed by atoms with Gasteiger partial charge in [0.25, 0.3) is 0 Å². The number of rotatable bonds is 8. The van der Waals surface area contributed by atoms with E-state index in [0.29, 0.717) is 19.6 Å². The van der Waals surface area contributed by atoms with Crippen LogP contribution in [0.1, 0.15) is 12.8 Å². The van der Waals surface area contributed by atoms with Crippen molar-refractivity contribution in [2.24, 2.45) is 0 Å². The molecular formula is C10H22N2O3. The van der Waals surface area contributed by atoms with Crippen LogP contribution >= 0.6 is 0 Å². The summed E-state index contributed by atoms with van der Waals surface area (Å²) in [5.41, 5.74) is 0. The summed E-state index contributed by atoms with van der Waals surface area (Å²) >= 11 is 0. The fourth-order valence-electron chi connectivity index (χ4n) is 1.33. The molecule has 1 unspecified atom stereocenters. The number of aliphatic hydroxyl groups excluding tert-OH is 1. The molecule has 0 fully saturated rings. The number of nitrogens with zero attached hydrogens (tertiary/aromatic N) is 1. The second-order valence-corrected chi connectivity index (χ2v) is 3.65. The molecule has 0 aromatic carbocycles. The summed E-state index contributed by atoms with van der Waals surface area (Å²) in [4.78, 5) is 12.9. The van der Waals surface area contributed by atoms with Crippen molar-refractivity contribution in [3.63, 3.8) is 0 Å². The number of ether oxygens (including phenoxy) is 1. The van der Waals surface area contributed by atoms with Crippen LogP contribution in [0.4, 0.5) is 0 Å². The van der Waals surface area contributed by atoms with Crippen LogP contribution in [0.2, 0.25) is 0 Å². The molecule has 0 rings (SSSR count). The first-order valence-corrected chi connectivity index (χ1v) is 5.16. The fraction of sp³-hybridized carbons (Fsp3) is 0.900. The number of likely N-dealkylation sites (N-methyl/N-ethyl adjacent to an activating group) is 1. The number of carbonyl (C=O) groups is 1. The van der Waals surface area contributed by atoms with Gasteiger partial charge in [-0.05, 0) is 20.0 Å². The molecular weight excluding hydrogens is 196 g/mol. The standard InChI is InChI=1S/C10H22N2O3/c1-11-10(14)5-4-6-12(2)7-9(13)8-15-3/h9,13H,4-8H2,1-3H3,(H,11,14). The first-order chi connectivity index (χ1) is 7.10. The molecule has 0 bridgehead atoms. The van der Waals surface area contributed by atoms with Crippen LogP contribution in [-0.4, -0.2) is 62.9 Å². The molecule has 0 spiro atoms. The van der Waals surface area contributed by atoms with Crippen molar-refractivity contribution >= 4 is 5.91 Å². The normalized spacial score (nSPS) is 12.9. The Morgan fingerprint density at radius 2 is 2.27 bits per heavy atom. The van der Waals surface area contributed by atoms with E-state index < -0.39 is 6.10 Å². The minimum atomic E-state index is -0.458. The minimum Gasteiger partial charge on any atom is -0.389 e. The van der Waals surface area contributed by atoms with Crippen molar-refractivity contribution in [3.05, 3.63) is 0 Å². The van der Waals surface area contributed by atoms with Crippen molar-refractivity contribution in [1.82, 2.24) is 10.2 Å². The van der Waals surface area contributed by atoms with Gasteiger partial charge in [0.15, 0.2) is 0 Å². The molecule has 0 aliphatic rings. The maximum absolute atomic E-state index is 10.9. The van der Waals surface area contributed by atoms with E-state index in [1.165, 1.54) is 0 Å². The quantitative estimate of drug-likeness (QED) is 0.574. The van der Waals surface area contributed by atoms with Gasteiger partial charge in [0.2, 0.25) is 5.91 Å². The maximum atomic E-state index is 10.9. The third kappa shape index (κ3) is 8.35. The lowest BCUT2D eigenvalue weighted by atomic mass is 10.2. The molecule has 0 radical (unpaired) electrons. The van der Waals surface area contributed by atoms with Crippen molar-refractivity contribution in [1.29, 1.82) is 0 Å². The summed E-state index contributed by atoms with van der Waals surface area (Å²) in [5, 5.41) is 12.0. The van der Waals surface area contributed by atoms with Gasteiger partial charge in [-0.2, -0.15) is 0 Å². The Hall–Kier alpha value is -0.650. The van der Waals surface area contributed by atoms with E-state index >= 15 is 0 Å². The average molecular weight is 218 g/mol. The van der Waals surface area contributed by atoms with Crippen LogP contribution in [0.25, 0.3) is 0 Å². The topological polar surface area (TPSA) is 61.8 Å². The SMILES string of the molecule is CNC(=O)CCCN(C)CC(O)COC. The van der Waals surface area contributed by atoms with Crippen LogP contribution < -0.4 is 5.32 Å². The van der Waals surface area contributed by atoms with Gasteiger partial charge in [0, 0.05) is 27.1 Å². The highest BCUT2D eigenvalue weighted by atomic mass is 16.5. The predicted octanol–water partition coefficient (Wildman–Crippen LogP) is -0.548. The van der Waals surface area contributed by atoms with Gasteiger partial charge in [0.05, 0.1) is 12.7 Å². The summed E-state index contributed by atoms with van der Waals surface area (Å²) < 4.78 is 4.82. The molecule has 0 aliphatic carbocycles. The van der Waals surface area contributed by atoms with Gasteiger partial charge in [-0.1, -0.05) is 0 Å². The van der Waals surface area contributed by atoms with E-state index in [2.05, 4.69) is 5.32 Å². The number of carbonyl (C=O) groups excluding carboxylic acids is 1. The molecule has 15 heavy (non-hydrogen) atoms. The zero-order valence-corrected chi connectivity index (χ0v) is 9.82. The van der Waals surface area contributed by atoms with E-state index in [9.17, 15) is 9.90 Å². The molecule has 0 aromatic heterocycles. The molecule has 5 heteroatoms. The molecule has 0 aromatic rings. The molecule has 0 saturated heterocycles. The van der Waals surface area contributed by atoms with E-state index in [-0.39, 0.29) is 5.91 Å². The Kier molecular flexibility index (Phi) is 8.27. The molecule has 1 atom stereocenters. The second-order valence-electron chi connectivity index (χ2n) is 3.65. The number of methoxy groups -OCH3 is 1. The highest BCUT2D eigenvalue weighted by Gasteiger charge is 2.07. The molecule has 0 saturated carbocycles. The highest BCUT2D eigenvalue weighted by Crippen LogP contribution is 1.95. The van der Waals surface area contributed by atoms with Crippen molar-refractivity contribution in [2.75, 3.05) is 40.9 Å². The monoisotopic (exact) mass is 218 g/mol. The summed E-state index contributed by atoms with van der Waals surface area (Å²) in [5.74, 6) is 0.0563. The molecule has 1 amide bonds. The summed E-state index contributed by atoms with van der Waals surface area (Å²) in [6.45, 7) is 1.72. The van der Waals surface area contributed by atoms with Crippen LogP contribution in [-0.2, 0) is 9.53 Å². The van der Waals surface area contributed by atoms with E-state index in [1.54, 1.807) is 14.2 Å². The van der Waals surface area contributed by atoms with Gasteiger partial charge < -0.3 is 20.1 Å². The summed E-state index contributed by atoms with van der Waals surface area (Å²) in [6.07, 6.45) is 0.872. The van der Waals surface area contributed by atoms with Crippen LogP contribution in [0.15, 0.2) is 0 Å². The molecule has 2 N–H and O–H groups in total. The lowest BCUT2D eigenvalue weighted by Gasteiger charge is -2.19. The lowest BCUT2D eigenvalue weighted by molar-refractivity contribution is -0.120. The summed E-state index contributed by atoms with van der Waals surface area (Å²) in [6, 6.07) is 0. The largest absolute Gasteiger partial charge is 0.389 e. The molecule has 0 heterocycles. The third-order valence-electron chi connectivity index (χ3n) is 2.10. The number of hydrogen-bond donors (Lipinski definition) is 2. The van der Waals surface area contributed by atoms with Crippen molar-refractivity contribution in [2.45, 2.75) is 18.9 Å². The molecule has 90 valence electrons. The van der Waals surface area contributed by atoms with E-state index in [0.717, 1.165) is 13.0 Å². The van der Waals surface area contributed by atoms with Crippen LogP contribution in [0.3, 0.4) is 0 Å². The lowest BCUT2D eigenvalue weighted by Crippen LogP contribution is -2.33. The smallest absolute Gasteiger partial charge is 0.219 e. The van der Waals surface area contributed by atoms with Gasteiger partial charge in [-0.25, -0.2) is 0 Å². The first kappa shape index (κ1) is 14.3. The van der Waals surface area contributed by atoms with Gasteiger partial charge in [-0.15, -0.1) is 0 Å². The number of amides is 1. The third-order valence-corrected chi connectivity index (χ3v) is 2.10. The number of aliphatic hydroxyl groups is 1. The Morgan fingerprint density at radius 1 is 1.60 bits per heavy atom. The van der Waals surface area contributed by atoms with E-state index in [4.69, 9.17) is 4.74 Å².